The summed E-state index contributed by atoms with van der Waals surface area (Å²) in [5, 5.41) is 0. The molecule has 0 fully saturated rings. The molecular weight excluding hydrogens is 344 g/mol. The first kappa shape index (κ1) is 17.3. The highest BCUT2D eigenvalue weighted by Crippen LogP contribution is 2.15. The van der Waals surface area contributed by atoms with Gasteiger partial charge in [-0.3, -0.25) is 13.9 Å². The van der Waals surface area contributed by atoms with Crippen LogP contribution in [0.5, 0.6) is 5.75 Å². The average molecular weight is 363 g/mol. The zero-order valence-corrected chi connectivity index (χ0v) is 14.8. The van der Waals surface area contributed by atoms with E-state index in [9.17, 15) is 9.59 Å². The number of aromatic nitrogens is 4. The number of ether oxygens (including phenoxy) is 1. The molecule has 8 heteroatoms. The highest BCUT2D eigenvalue weighted by molar-refractivity contribution is 6.17. The van der Waals surface area contributed by atoms with E-state index in [2.05, 4.69) is 9.97 Å². The number of alkyl halides is 1. The summed E-state index contributed by atoms with van der Waals surface area (Å²) in [5.74, 6) is 1.99. The number of aromatic amines is 1. The van der Waals surface area contributed by atoms with Crippen LogP contribution in [0.1, 0.15) is 17.8 Å². The molecule has 0 atom stereocenters. The predicted octanol–water partition coefficient (Wildman–Crippen LogP) is 1.56. The van der Waals surface area contributed by atoms with Gasteiger partial charge in [0.15, 0.2) is 5.65 Å². The van der Waals surface area contributed by atoms with Crippen molar-refractivity contribution >= 4 is 22.8 Å². The summed E-state index contributed by atoms with van der Waals surface area (Å²) in [7, 11) is 3.05. The van der Waals surface area contributed by atoms with E-state index in [-0.39, 0.29) is 5.56 Å². The molecule has 0 amide bonds. The lowest BCUT2D eigenvalue weighted by Gasteiger charge is -2.05. The van der Waals surface area contributed by atoms with Crippen LogP contribution in [0.15, 0.2) is 33.9 Å². The van der Waals surface area contributed by atoms with Crippen molar-refractivity contribution < 1.29 is 4.74 Å². The van der Waals surface area contributed by atoms with E-state index < -0.39 is 5.69 Å². The van der Waals surface area contributed by atoms with Crippen LogP contribution in [-0.4, -0.2) is 31.6 Å². The van der Waals surface area contributed by atoms with E-state index in [1.165, 1.54) is 11.6 Å². The van der Waals surface area contributed by atoms with Gasteiger partial charge in [-0.1, -0.05) is 12.1 Å². The number of imidazole rings is 1. The van der Waals surface area contributed by atoms with Gasteiger partial charge < -0.3 is 9.72 Å². The van der Waals surface area contributed by atoms with Crippen molar-refractivity contribution in [1.82, 2.24) is 19.1 Å². The Labute approximate surface area is 148 Å². The van der Waals surface area contributed by atoms with E-state index in [1.54, 1.807) is 7.05 Å². The van der Waals surface area contributed by atoms with Crippen molar-refractivity contribution in [2.45, 2.75) is 12.8 Å². The van der Waals surface area contributed by atoms with Crippen LogP contribution in [0.3, 0.4) is 0 Å². The van der Waals surface area contributed by atoms with Gasteiger partial charge in [-0.2, -0.15) is 0 Å². The molecule has 1 N–H and O–H groups in total. The first-order valence-corrected chi connectivity index (χ1v) is 8.47. The molecule has 132 valence electrons. The van der Waals surface area contributed by atoms with Gasteiger partial charge in [-0.15, -0.1) is 11.6 Å². The van der Waals surface area contributed by atoms with Crippen LogP contribution in [0.25, 0.3) is 11.2 Å². The van der Waals surface area contributed by atoms with Gasteiger partial charge in [0.2, 0.25) is 0 Å². The number of rotatable bonds is 6. The Morgan fingerprint density at radius 1 is 1.16 bits per heavy atom. The number of aryl methyl sites for hydroxylation is 1. The smallest absolute Gasteiger partial charge is 0.332 e. The average Bonchev–Trinajstić information content (AvgIpc) is 3.04. The molecule has 0 saturated carbocycles. The Balaban J connectivity index is 1.84. The number of halogens is 1. The Bertz CT molecular complexity index is 1000. The number of fused-ring (bicyclic) bond motifs is 1. The molecule has 0 unspecified atom stereocenters. The van der Waals surface area contributed by atoms with Gasteiger partial charge >= 0.3 is 5.69 Å². The van der Waals surface area contributed by atoms with Gasteiger partial charge in [0.25, 0.3) is 5.56 Å². The van der Waals surface area contributed by atoms with Gasteiger partial charge in [0.1, 0.15) is 17.1 Å². The van der Waals surface area contributed by atoms with Gasteiger partial charge in [-0.25, -0.2) is 9.78 Å². The second-order valence-electron chi connectivity index (χ2n) is 5.80. The molecule has 7 nitrogen and oxygen atoms in total. The molecule has 1 aromatic carbocycles. The maximum Gasteiger partial charge on any atom is 0.332 e. The van der Waals surface area contributed by atoms with Crippen molar-refractivity contribution in [1.29, 1.82) is 0 Å². The normalized spacial score (nSPS) is 11.2. The second-order valence-corrected chi connectivity index (χ2v) is 6.18. The summed E-state index contributed by atoms with van der Waals surface area (Å²) < 4.78 is 8.00. The third kappa shape index (κ3) is 3.46. The number of nitrogens with zero attached hydrogens (tertiary/aromatic N) is 3. The summed E-state index contributed by atoms with van der Waals surface area (Å²) in [4.78, 5) is 31.6. The number of hydrogen-bond acceptors (Lipinski definition) is 4. The van der Waals surface area contributed by atoms with E-state index in [0.29, 0.717) is 35.9 Å². The third-order valence-corrected chi connectivity index (χ3v) is 4.25. The molecule has 2 heterocycles. The molecule has 3 rings (SSSR count). The monoisotopic (exact) mass is 362 g/mol. The van der Waals surface area contributed by atoms with Crippen molar-refractivity contribution in [3.05, 3.63) is 56.5 Å². The molecule has 0 aliphatic carbocycles. The fourth-order valence-electron chi connectivity index (χ4n) is 2.60. The summed E-state index contributed by atoms with van der Waals surface area (Å²) in [5.41, 5.74) is 0.948. The molecule has 0 aliphatic heterocycles. The molecule has 3 aromatic rings. The molecule has 0 spiro atoms. The fraction of sp³-hybridized carbons (Fsp3) is 0.353. The van der Waals surface area contributed by atoms with Crippen LogP contribution in [0.2, 0.25) is 0 Å². The SMILES string of the molecule is Cn1c(=O)c2[nH]c(Cc3ccc(OCCCCl)cc3)nc2n(C)c1=O. The van der Waals surface area contributed by atoms with Crippen LogP contribution in [0, 0.1) is 0 Å². The minimum atomic E-state index is -0.394. The van der Waals surface area contributed by atoms with Crippen LogP contribution in [0.4, 0.5) is 0 Å². The number of hydrogen-bond donors (Lipinski definition) is 1. The minimum absolute atomic E-state index is 0.334. The number of H-pyrrole nitrogens is 1. The largest absolute Gasteiger partial charge is 0.494 e. The molecule has 0 saturated heterocycles. The molecule has 0 aliphatic rings. The Kier molecular flexibility index (Phi) is 4.94. The Morgan fingerprint density at radius 2 is 1.88 bits per heavy atom. The fourth-order valence-corrected chi connectivity index (χ4v) is 2.71. The lowest BCUT2D eigenvalue weighted by atomic mass is 10.1. The van der Waals surface area contributed by atoms with Gasteiger partial charge in [0.05, 0.1) is 6.61 Å². The van der Waals surface area contributed by atoms with E-state index >= 15 is 0 Å². The van der Waals surface area contributed by atoms with E-state index in [4.69, 9.17) is 16.3 Å². The summed E-state index contributed by atoms with van der Waals surface area (Å²) in [6.07, 6.45) is 1.32. The standard InChI is InChI=1S/C17H19ClN4O3/c1-21-15-14(16(23)22(2)17(21)24)19-13(20-15)10-11-4-6-12(7-5-11)25-9-3-8-18/h4-7H,3,8-10H2,1-2H3,(H,19,20). The lowest BCUT2D eigenvalue weighted by Crippen LogP contribution is -2.36. The van der Waals surface area contributed by atoms with Crippen LogP contribution in [-0.2, 0) is 20.5 Å². The maximum absolute atomic E-state index is 12.2. The second kappa shape index (κ2) is 7.14. The van der Waals surface area contributed by atoms with Gasteiger partial charge in [-0.05, 0) is 24.1 Å². The van der Waals surface area contributed by atoms with Crippen LogP contribution >= 0.6 is 11.6 Å². The topological polar surface area (TPSA) is 81.9 Å². The van der Waals surface area contributed by atoms with E-state index in [1.807, 2.05) is 24.3 Å². The maximum atomic E-state index is 12.2. The minimum Gasteiger partial charge on any atom is -0.494 e. The van der Waals surface area contributed by atoms with Crippen molar-refractivity contribution in [3.63, 3.8) is 0 Å². The molecule has 2 aromatic heterocycles. The molecule has 0 bridgehead atoms. The lowest BCUT2D eigenvalue weighted by molar-refractivity contribution is 0.318. The first-order chi connectivity index (χ1) is 12.0. The van der Waals surface area contributed by atoms with Crippen molar-refractivity contribution in [2.24, 2.45) is 14.1 Å². The Hall–Kier alpha value is -2.54. The number of nitrogens with one attached hydrogen (secondary N) is 1. The quantitative estimate of drug-likeness (QED) is 0.533. The van der Waals surface area contributed by atoms with Crippen molar-refractivity contribution in [3.8, 4) is 5.75 Å². The zero-order valence-electron chi connectivity index (χ0n) is 14.1. The summed E-state index contributed by atoms with van der Waals surface area (Å²) in [6.45, 7) is 0.587. The number of benzene rings is 1. The zero-order chi connectivity index (χ0) is 18.0. The highest BCUT2D eigenvalue weighted by atomic mass is 35.5. The summed E-state index contributed by atoms with van der Waals surface area (Å²) in [6, 6.07) is 7.67. The highest BCUT2D eigenvalue weighted by Gasteiger charge is 2.13. The predicted molar refractivity (Wildman–Crippen MR) is 96.7 cm³/mol. The molecule has 25 heavy (non-hydrogen) atoms. The Morgan fingerprint density at radius 3 is 2.56 bits per heavy atom. The van der Waals surface area contributed by atoms with Crippen molar-refractivity contribution in [2.75, 3.05) is 12.5 Å². The third-order valence-electron chi connectivity index (χ3n) is 3.99. The molecular formula is C17H19ClN4O3. The first-order valence-electron chi connectivity index (χ1n) is 7.93. The molecule has 0 radical (unpaired) electrons. The van der Waals surface area contributed by atoms with E-state index in [0.717, 1.165) is 22.3 Å². The summed E-state index contributed by atoms with van der Waals surface area (Å²) >= 11 is 5.62. The van der Waals surface area contributed by atoms with Gasteiger partial charge in [0, 0.05) is 26.4 Å². The van der Waals surface area contributed by atoms with Crippen LogP contribution < -0.4 is 16.0 Å².